The number of nitrogens with zero attached hydrogens (tertiary/aromatic N) is 3. The molecule has 2 aromatic carbocycles. The van der Waals surface area contributed by atoms with Crippen LogP contribution in [0.3, 0.4) is 0 Å². The fourth-order valence-corrected chi connectivity index (χ4v) is 7.46. The molecule has 0 N–H and O–H groups in total. The largest absolute Gasteiger partial charge is 0.448 e. The number of aryl methyl sites for hydroxylation is 2. The number of carbonyl (C=O) groups is 2. The van der Waals surface area contributed by atoms with Crippen LogP contribution >= 0.6 is 22.9 Å². The van der Waals surface area contributed by atoms with E-state index in [4.69, 9.17) is 26.2 Å². The third-order valence-electron chi connectivity index (χ3n) is 8.50. The quantitative estimate of drug-likeness (QED) is 0.192. The van der Waals surface area contributed by atoms with Crippen LogP contribution in [0.15, 0.2) is 66.7 Å². The minimum absolute atomic E-state index is 0.00499. The highest BCUT2D eigenvalue weighted by Crippen LogP contribution is 2.45. The van der Waals surface area contributed by atoms with Crippen LogP contribution in [0.2, 0.25) is 4.34 Å². The number of fused-ring (bicyclic) bond motifs is 3. The zero-order valence-electron chi connectivity index (χ0n) is 24.7. The van der Waals surface area contributed by atoms with Crippen LogP contribution in [0.25, 0.3) is 11.1 Å². The van der Waals surface area contributed by atoms with Gasteiger partial charge in [-0.2, -0.15) is 5.10 Å². The van der Waals surface area contributed by atoms with Gasteiger partial charge in [0.05, 0.1) is 28.1 Å². The van der Waals surface area contributed by atoms with Crippen molar-refractivity contribution in [1.82, 2.24) is 14.7 Å². The standard InChI is InChI=1S/C34H36ClN3O4S/c1-34(2,21-41-3)32(39)38-22(14-15-23-16-17-31(35)43-23)19-29(36-38)30-13-8-18-37(30)33(40)42-20-28-26-11-6-4-9-24(26)25-10-5-7-12-27(25)28/h4-7,9-12,16-17,19,28,30H,8,13-15,18,20-21H2,1-3H3. The molecule has 9 heteroatoms. The molecule has 1 saturated heterocycles. The van der Waals surface area contributed by atoms with Gasteiger partial charge in [0.1, 0.15) is 6.61 Å². The summed E-state index contributed by atoms with van der Waals surface area (Å²) < 4.78 is 13.6. The van der Waals surface area contributed by atoms with Gasteiger partial charge in [-0.3, -0.25) is 9.69 Å². The Labute approximate surface area is 261 Å². The average molecular weight is 618 g/mol. The molecule has 1 amide bonds. The van der Waals surface area contributed by atoms with Crippen molar-refractivity contribution >= 4 is 34.9 Å². The molecule has 0 radical (unpaired) electrons. The second kappa shape index (κ2) is 12.3. The third-order valence-corrected chi connectivity index (χ3v) is 9.79. The van der Waals surface area contributed by atoms with E-state index in [1.165, 1.54) is 26.9 Å². The molecule has 3 heterocycles. The van der Waals surface area contributed by atoms with Gasteiger partial charge in [-0.05, 0) is 80.0 Å². The highest BCUT2D eigenvalue weighted by Gasteiger charge is 2.37. The zero-order valence-corrected chi connectivity index (χ0v) is 26.3. The molecule has 43 heavy (non-hydrogen) atoms. The molecule has 1 unspecified atom stereocenters. The summed E-state index contributed by atoms with van der Waals surface area (Å²) in [6.45, 7) is 4.85. The molecule has 2 aromatic heterocycles. The molecular formula is C34H36ClN3O4S. The summed E-state index contributed by atoms with van der Waals surface area (Å²) >= 11 is 7.70. The monoisotopic (exact) mass is 617 g/mol. The lowest BCUT2D eigenvalue weighted by atomic mass is 9.93. The summed E-state index contributed by atoms with van der Waals surface area (Å²) in [6.07, 6.45) is 2.61. The number of methoxy groups -OCH3 is 1. The maximum absolute atomic E-state index is 13.7. The van der Waals surface area contributed by atoms with E-state index in [-0.39, 0.29) is 37.2 Å². The molecular weight excluding hydrogens is 582 g/mol. The molecule has 2 aliphatic rings. The molecule has 224 valence electrons. The number of thiophene rings is 1. The molecule has 7 nitrogen and oxygen atoms in total. The lowest BCUT2D eigenvalue weighted by molar-refractivity contribution is 0.0521. The topological polar surface area (TPSA) is 73.7 Å². The predicted molar refractivity (Wildman–Crippen MR) is 169 cm³/mol. The Morgan fingerprint density at radius 3 is 2.37 bits per heavy atom. The van der Waals surface area contributed by atoms with Gasteiger partial charge in [0.15, 0.2) is 0 Å². The molecule has 1 fully saturated rings. The summed E-state index contributed by atoms with van der Waals surface area (Å²) in [5, 5.41) is 4.83. The van der Waals surface area contributed by atoms with Gasteiger partial charge in [-0.1, -0.05) is 60.1 Å². The van der Waals surface area contributed by atoms with Crippen LogP contribution in [-0.4, -0.2) is 53.5 Å². The Bertz CT molecular complexity index is 1600. The van der Waals surface area contributed by atoms with Gasteiger partial charge >= 0.3 is 6.09 Å². The Hall–Kier alpha value is -3.46. The third kappa shape index (κ3) is 5.88. The maximum Gasteiger partial charge on any atom is 0.410 e. The van der Waals surface area contributed by atoms with Crippen LogP contribution in [0.1, 0.15) is 70.8 Å². The Kier molecular flexibility index (Phi) is 8.45. The summed E-state index contributed by atoms with van der Waals surface area (Å²) in [5.41, 5.74) is 5.52. The zero-order chi connectivity index (χ0) is 30.1. The molecule has 4 aromatic rings. The summed E-state index contributed by atoms with van der Waals surface area (Å²) in [4.78, 5) is 30.2. The number of hydrogen-bond acceptors (Lipinski definition) is 6. The minimum atomic E-state index is -0.763. The van der Waals surface area contributed by atoms with Crippen molar-refractivity contribution in [3.05, 3.63) is 98.5 Å². The average Bonchev–Trinajstić information content (AvgIpc) is 3.79. The van der Waals surface area contributed by atoms with Crippen molar-refractivity contribution in [3.63, 3.8) is 0 Å². The van der Waals surface area contributed by atoms with Gasteiger partial charge in [0.2, 0.25) is 0 Å². The van der Waals surface area contributed by atoms with E-state index in [1.807, 2.05) is 56.3 Å². The van der Waals surface area contributed by atoms with Gasteiger partial charge in [-0.25, -0.2) is 9.48 Å². The molecule has 1 aliphatic carbocycles. The maximum atomic E-state index is 13.7. The highest BCUT2D eigenvalue weighted by molar-refractivity contribution is 7.16. The fraction of sp³-hybridized carbons (Fsp3) is 0.382. The molecule has 0 bridgehead atoms. The van der Waals surface area contributed by atoms with Crippen molar-refractivity contribution in [2.75, 3.05) is 26.9 Å². The van der Waals surface area contributed by atoms with Crippen molar-refractivity contribution < 1.29 is 19.1 Å². The van der Waals surface area contributed by atoms with Crippen LogP contribution in [0.5, 0.6) is 0 Å². The van der Waals surface area contributed by atoms with Gasteiger partial charge in [0, 0.05) is 30.1 Å². The van der Waals surface area contributed by atoms with Crippen molar-refractivity contribution in [2.24, 2.45) is 5.41 Å². The van der Waals surface area contributed by atoms with E-state index >= 15 is 0 Å². The lowest BCUT2D eigenvalue weighted by Crippen LogP contribution is -2.36. The van der Waals surface area contributed by atoms with Gasteiger partial charge < -0.3 is 9.47 Å². The number of rotatable bonds is 9. The van der Waals surface area contributed by atoms with Gasteiger partial charge in [-0.15, -0.1) is 11.3 Å². The normalized spacial score (nSPS) is 16.4. The van der Waals surface area contributed by atoms with E-state index in [0.29, 0.717) is 18.7 Å². The van der Waals surface area contributed by atoms with Crippen molar-refractivity contribution in [2.45, 2.75) is 51.5 Å². The molecule has 0 spiro atoms. The number of carbonyl (C=O) groups excluding carboxylic acids is 2. The Morgan fingerprint density at radius 1 is 1.02 bits per heavy atom. The summed E-state index contributed by atoms with van der Waals surface area (Å²) in [5.74, 6) is -0.139. The van der Waals surface area contributed by atoms with E-state index in [9.17, 15) is 9.59 Å². The van der Waals surface area contributed by atoms with Crippen LogP contribution in [0, 0.1) is 5.41 Å². The Morgan fingerprint density at radius 2 is 1.72 bits per heavy atom. The Balaban J connectivity index is 1.22. The van der Waals surface area contributed by atoms with E-state index in [1.54, 1.807) is 23.3 Å². The molecule has 1 atom stereocenters. The first-order valence-electron chi connectivity index (χ1n) is 14.7. The molecule has 6 rings (SSSR count). The van der Waals surface area contributed by atoms with E-state index in [0.717, 1.165) is 34.2 Å². The van der Waals surface area contributed by atoms with Crippen LogP contribution < -0.4 is 0 Å². The number of likely N-dealkylation sites (tertiary alicyclic amines) is 1. The summed E-state index contributed by atoms with van der Waals surface area (Å²) in [6, 6.07) is 22.3. The second-order valence-electron chi connectivity index (χ2n) is 12.0. The fourth-order valence-electron chi connectivity index (χ4n) is 6.37. The predicted octanol–water partition coefficient (Wildman–Crippen LogP) is 7.78. The number of benzene rings is 2. The number of aromatic nitrogens is 2. The van der Waals surface area contributed by atoms with E-state index in [2.05, 4.69) is 24.3 Å². The SMILES string of the molecule is COCC(C)(C)C(=O)n1nc(C2CCCN2C(=O)OCC2c3ccccc3-c3ccccc32)cc1CCc1ccc(Cl)s1. The smallest absolute Gasteiger partial charge is 0.410 e. The van der Waals surface area contributed by atoms with Gasteiger partial charge in [0.25, 0.3) is 5.91 Å². The number of hydrogen-bond donors (Lipinski definition) is 0. The van der Waals surface area contributed by atoms with Crippen molar-refractivity contribution in [3.8, 4) is 11.1 Å². The van der Waals surface area contributed by atoms with Crippen LogP contribution in [0.4, 0.5) is 4.79 Å². The van der Waals surface area contributed by atoms with E-state index < -0.39 is 5.41 Å². The minimum Gasteiger partial charge on any atom is -0.448 e. The summed E-state index contributed by atoms with van der Waals surface area (Å²) in [7, 11) is 1.59. The first kappa shape index (κ1) is 29.6. The lowest BCUT2D eigenvalue weighted by Gasteiger charge is -2.24. The van der Waals surface area contributed by atoms with Crippen molar-refractivity contribution in [1.29, 1.82) is 0 Å². The molecule has 0 saturated carbocycles. The first-order chi connectivity index (χ1) is 20.8. The first-order valence-corrected chi connectivity index (χ1v) is 15.9. The number of amides is 1. The van der Waals surface area contributed by atoms with Crippen LogP contribution in [-0.2, 0) is 22.3 Å². The number of ether oxygens (including phenoxy) is 2. The molecule has 1 aliphatic heterocycles. The second-order valence-corrected chi connectivity index (χ2v) is 13.8. The number of halogens is 1. The highest BCUT2D eigenvalue weighted by atomic mass is 35.5.